The monoisotopic (exact) mass is 338 g/mol. The van der Waals surface area contributed by atoms with Gasteiger partial charge in [0, 0.05) is 11.3 Å². The van der Waals surface area contributed by atoms with Gasteiger partial charge in [-0.3, -0.25) is 9.59 Å². The van der Waals surface area contributed by atoms with E-state index in [4.69, 9.17) is 6.42 Å². The number of anilines is 1. The first-order chi connectivity index (χ1) is 11.9. The second-order valence-electron chi connectivity index (χ2n) is 5.89. The minimum absolute atomic E-state index is 0.102. The minimum atomic E-state index is -0.818. The third kappa shape index (κ3) is 4.67. The van der Waals surface area contributed by atoms with Crippen LogP contribution in [0.1, 0.15) is 29.8 Å². The average molecular weight is 338 g/mol. The topological polar surface area (TPSA) is 58.2 Å². The third-order valence-electron chi connectivity index (χ3n) is 3.65. The third-order valence-corrected chi connectivity index (χ3v) is 3.65. The lowest BCUT2D eigenvalue weighted by Crippen LogP contribution is -2.47. The van der Waals surface area contributed by atoms with Crippen molar-refractivity contribution in [3.63, 3.8) is 0 Å². The molecule has 2 amide bonds. The first kappa shape index (κ1) is 18.2. The van der Waals surface area contributed by atoms with Crippen LogP contribution in [-0.4, -0.2) is 17.9 Å². The number of hydrogen-bond acceptors (Lipinski definition) is 2. The fourth-order valence-electron chi connectivity index (χ4n) is 2.31. The van der Waals surface area contributed by atoms with Crippen LogP contribution in [0.25, 0.3) is 0 Å². The summed E-state index contributed by atoms with van der Waals surface area (Å²) in [7, 11) is 0. The zero-order valence-electron chi connectivity index (χ0n) is 14.0. The molecule has 1 unspecified atom stereocenters. The molecule has 0 bridgehead atoms. The van der Waals surface area contributed by atoms with Crippen LogP contribution in [-0.2, 0) is 4.79 Å². The molecule has 0 saturated heterocycles. The molecule has 0 spiro atoms. The number of carbonyl (C=O) groups is 2. The largest absolute Gasteiger partial charge is 0.340 e. The Kier molecular flexibility index (Phi) is 5.91. The molecule has 2 rings (SSSR count). The Morgan fingerprint density at radius 1 is 1.12 bits per heavy atom. The first-order valence-electron chi connectivity index (χ1n) is 7.85. The van der Waals surface area contributed by atoms with Gasteiger partial charge in [0.1, 0.15) is 11.9 Å². The highest BCUT2D eigenvalue weighted by Gasteiger charge is 2.25. The van der Waals surface area contributed by atoms with Gasteiger partial charge in [-0.25, -0.2) is 4.39 Å². The van der Waals surface area contributed by atoms with E-state index in [1.165, 1.54) is 18.2 Å². The van der Waals surface area contributed by atoms with Crippen molar-refractivity contribution in [1.82, 2.24) is 5.32 Å². The zero-order valence-corrected chi connectivity index (χ0v) is 14.0. The Bertz CT molecular complexity index is 824. The van der Waals surface area contributed by atoms with Crippen molar-refractivity contribution in [3.05, 3.63) is 65.5 Å². The normalized spacial score (nSPS) is 11.5. The number of hydrogen-bond donors (Lipinski definition) is 2. The van der Waals surface area contributed by atoms with Crippen molar-refractivity contribution in [1.29, 1.82) is 0 Å². The molecule has 25 heavy (non-hydrogen) atoms. The number of nitrogens with one attached hydrogen (secondary N) is 2. The number of terminal acetylenes is 1. The Morgan fingerprint density at radius 3 is 2.48 bits per heavy atom. The lowest BCUT2D eigenvalue weighted by Gasteiger charge is -2.22. The van der Waals surface area contributed by atoms with Gasteiger partial charge in [-0.1, -0.05) is 38.0 Å². The molecule has 0 aliphatic heterocycles. The maximum atomic E-state index is 13.7. The van der Waals surface area contributed by atoms with Crippen molar-refractivity contribution in [2.45, 2.75) is 19.9 Å². The van der Waals surface area contributed by atoms with Crippen LogP contribution in [0, 0.1) is 24.1 Å². The van der Waals surface area contributed by atoms with Gasteiger partial charge in [-0.15, -0.1) is 6.42 Å². The lowest BCUT2D eigenvalue weighted by atomic mass is 10.0. The molecular weight excluding hydrogens is 319 g/mol. The maximum absolute atomic E-state index is 13.7. The Morgan fingerprint density at radius 2 is 1.84 bits per heavy atom. The van der Waals surface area contributed by atoms with Gasteiger partial charge in [0.25, 0.3) is 5.91 Å². The van der Waals surface area contributed by atoms with E-state index in [9.17, 15) is 14.0 Å². The second-order valence-corrected chi connectivity index (χ2v) is 5.89. The average Bonchev–Trinajstić information content (AvgIpc) is 2.59. The molecule has 0 aromatic heterocycles. The van der Waals surface area contributed by atoms with Crippen LogP contribution in [0.5, 0.6) is 0 Å². The predicted octanol–water partition coefficient (Wildman–Crippen LogP) is 3.20. The van der Waals surface area contributed by atoms with Crippen LogP contribution >= 0.6 is 0 Å². The van der Waals surface area contributed by atoms with E-state index in [1.54, 1.807) is 44.2 Å². The number of carbonyl (C=O) groups excluding carboxylic acids is 2. The standard InChI is InChI=1S/C20H19FN2O2/c1-4-14-8-7-9-15(12-14)22-20(25)18(13(2)3)23-19(24)16-10-5-6-11-17(16)21/h1,5-13,18H,2-3H3,(H,22,25)(H,23,24). The molecule has 2 aromatic rings. The van der Waals surface area contributed by atoms with Crippen molar-refractivity contribution in [2.75, 3.05) is 5.32 Å². The fourth-order valence-corrected chi connectivity index (χ4v) is 2.31. The van der Waals surface area contributed by atoms with Crippen LogP contribution in [0.4, 0.5) is 10.1 Å². The van der Waals surface area contributed by atoms with Crippen LogP contribution in [0.15, 0.2) is 48.5 Å². The van der Waals surface area contributed by atoms with Crippen LogP contribution in [0.3, 0.4) is 0 Å². The summed E-state index contributed by atoms with van der Waals surface area (Å²) in [5.74, 6) is 0.637. The summed E-state index contributed by atoms with van der Waals surface area (Å²) in [5, 5.41) is 5.32. The van der Waals surface area contributed by atoms with Crippen molar-refractivity contribution < 1.29 is 14.0 Å². The second kappa shape index (κ2) is 8.11. The molecule has 0 fully saturated rings. The molecule has 2 N–H and O–H groups in total. The predicted molar refractivity (Wildman–Crippen MR) is 95.5 cm³/mol. The summed E-state index contributed by atoms with van der Waals surface area (Å²) in [4.78, 5) is 24.8. The highest BCUT2D eigenvalue weighted by Crippen LogP contribution is 2.13. The molecule has 5 heteroatoms. The number of halogens is 1. The molecule has 0 saturated carbocycles. The Hall–Kier alpha value is -3.13. The van der Waals surface area contributed by atoms with E-state index in [0.29, 0.717) is 11.3 Å². The Balaban J connectivity index is 2.14. The van der Waals surface area contributed by atoms with Crippen molar-refractivity contribution >= 4 is 17.5 Å². The summed E-state index contributed by atoms with van der Waals surface area (Å²) >= 11 is 0. The van der Waals surface area contributed by atoms with Crippen LogP contribution in [0.2, 0.25) is 0 Å². The number of benzene rings is 2. The van der Waals surface area contributed by atoms with E-state index in [-0.39, 0.29) is 11.5 Å². The van der Waals surface area contributed by atoms with Gasteiger partial charge in [0.2, 0.25) is 5.91 Å². The zero-order chi connectivity index (χ0) is 18.4. The van der Waals surface area contributed by atoms with Crippen molar-refractivity contribution in [2.24, 2.45) is 5.92 Å². The smallest absolute Gasteiger partial charge is 0.254 e. The minimum Gasteiger partial charge on any atom is -0.340 e. The SMILES string of the molecule is C#Cc1cccc(NC(=O)C(NC(=O)c2ccccc2F)C(C)C)c1. The summed E-state index contributed by atoms with van der Waals surface area (Å²) in [6.07, 6.45) is 5.35. The molecule has 2 aromatic carbocycles. The molecule has 4 nitrogen and oxygen atoms in total. The van der Waals surface area contributed by atoms with E-state index >= 15 is 0 Å². The molecular formula is C20H19FN2O2. The highest BCUT2D eigenvalue weighted by molar-refractivity contribution is 6.01. The summed E-state index contributed by atoms with van der Waals surface area (Å²) in [6, 6.07) is 11.7. The fraction of sp³-hybridized carbons (Fsp3) is 0.200. The van der Waals surface area contributed by atoms with E-state index < -0.39 is 23.7 Å². The molecule has 0 radical (unpaired) electrons. The van der Waals surface area contributed by atoms with Gasteiger partial charge < -0.3 is 10.6 Å². The van der Waals surface area contributed by atoms with E-state index in [1.807, 2.05) is 0 Å². The molecule has 1 atom stereocenters. The molecule has 0 aliphatic carbocycles. The maximum Gasteiger partial charge on any atom is 0.254 e. The van der Waals surface area contributed by atoms with Crippen LogP contribution < -0.4 is 10.6 Å². The molecule has 128 valence electrons. The van der Waals surface area contributed by atoms with Gasteiger partial charge in [0.05, 0.1) is 5.56 Å². The Labute approximate surface area is 146 Å². The first-order valence-corrected chi connectivity index (χ1v) is 7.85. The quantitative estimate of drug-likeness (QED) is 0.823. The van der Waals surface area contributed by atoms with Gasteiger partial charge >= 0.3 is 0 Å². The van der Waals surface area contributed by atoms with E-state index in [2.05, 4.69) is 16.6 Å². The van der Waals surface area contributed by atoms with Crippen molar-refractivity contribution in [3.8, 4) is 12.3 Å². The molecule has 0 aliphatic rings. The summed E-state index contributed by atoms with van der Waals surface area (Å²) in [5.41, 5.74) is 1.07. The summed E-state index contributed by atoms with van der Waals surface area (Å²) < 4.78 is 13.7. The lowest BCUT2D eigenvalue weighted by molar-refractivity contribution is -0.118. The number of amides is 2. The van der Waals surface area contributed by atoms with Gasteiger partial charge in [0.15, 0.2) is 0 Å². The number of rotatable bonds is 5. The van der Waals surface area contributed by atoms with Gasteiger partial charge in [-0.05, 0) is 36.2 Å². The molecule has 0 heterocycles. The highest BCUT2D eigenvalue weighted by atomic mass is 19.1. The van der Waals surface area contributed by atoms with Gasteiger partial charge in [-0.2, -0.15) is 0 Å². The summed E-state index contributed by atoms with van der Waals surface area (Å²) in [6.45, 7) is 3.59. The van der Waals surface area contributed by atoms with E-state index in [0.717, 1.165) is 0 Å².